The van der Waals surface area contributed by atoms with Crippen LogP contribution in [0.3, 0.4) is 0 Å². The molecule has 0 atom stereocenters. The summed E-state index contributed by atoms with van der Waals surface area (Å²) < 4.78 is 38.4. The van der Waals surface area contributed by atoms with E-state index in [4.69, 9.17) is 9.47 Å². The molecule has 1 aliphatic rings. The maximum Gasteiger partial charge on any atom is 0.227 e. The zero-order valence-corrected chi connectivity index (χ0v) is 13.0. The van der Waals surface area contributed by atoms with Crippen LogP contribution in [-0.2, 0) is 14.3 Å². The van der Waals surface area contributed by atoms with Crippen molar-refractivity contribution in [2.75, 3.05) is 18.5 Å². The standard InChI is InChI=1S/C16H19F2NO4/c1-3-22-16(23-4-2)14(20)13-11(17)7-10(8-12(13)18)19-15(21)9-5-6-9/h7-9,16H,3-6H2,1-2H3,(H,19,21). The molecule has 0 unspecified atom stereocenters. The Bertz CT molecular complexity index is 573. The minimum Gasteiger partial charge on any atom is -0.346 e. The van der Waals surface area contributed by atoms with E-state index in [1.165, 1.54) is 0 Å². The number of rotatable bonds is 8. The van der Waals surface area contributed by atoms with Gasteiger partial charge in [-0.3, -0.25) is 9.59 Å². The van der Waals surface area contributed by atoms with E-state index in [2.05, 4.69) is 5.32 Å². The molecular weight excluding hydrogens is 308 g/mol. The summed E-state index contributed by atoms with van der Waals surface area (Å²) in [4.78, 5) is 23.8. The number of benzene rings is 1. The van der Waals surface area contributed by atoms with Crippen molar-refractivity contribution >= 4 is 17.4 Å². The highest BCUT2D eigenvalue weighted by molar-refractivity contribution is 6.00. The summed E-state index contributed by atoms with van der Waals surface area (Å²) in [7, 11) is 0. The second-order valence-electron chi connectivity index (χ2n) is 5.19. The number of ether oxygens (including phenoxy) is 2. The summed E-state index contributed by atoms with van der Waals surface area (Å²) in [5.74, 6) is -3.42. The fourth-order valence-electron chi connectivity index (χ4n) is 2.09. The summed E-state index contributed by atoms with van der Waals surface area (Å²) in [6, 6.07) is 1.84. The average Bonchev–Trinajstić information content (AvgIpc) is 3.30. The number of nitrogens with one attached hydrogen (secondary N) is 1. The van der Waals surface area contributed by atoms with Crippen LogP contribution in [0.5, 0.6) is 0 Å². The quantitative estimate of drug-likeness (QED) is 0.589. The van der Waals surface area contributed by atoms with E-state index in [0.717, 1.165) is 25.0 Å². The van der Waals surface area contributed by atoms with E-state index in [0.29, 0.717) is 0 Å². The van der Waals surface area contributed by atoms with Crippen LogP contribution in [0.15, 0.2) is 12.1 Å². The summed E-state index contributed by atoms with van der Waals surface area (Å²) in [6.45, 7) is 3.61. The lowest BCUT2D eigenvalue weighted by atomic mass is 10.1. The molecule has 2 rings (SSSR count). The Hall–Kier alpha value is -1.86. The Balaban J connectivity index is 2.21. The first-order chi connectivity index (χ1) is 11.0. The van der Waals surface area contributed by atoms with E-state index >= 15 is 0 Å². The number of carbonyl (C=O) groups excluding carboxylic acids is 2. The first kappa shape index (κ1) is 17.5. The van der Waals surface area contributed by atoms with Crippen molar-refractivity contribution in [2.24, 2.45) is 5.92 Å². The predicted octanol–water partition coefficient (Wildman–Crippen LogP) is 2.90. The molecule has 1 saturated carbocycles. The fraction of sp³-hybridized carbons (Fsp3) is 0.500. The third-order valence-corrected chi connectivity index (χ3v) is 3.35. The van der Waals surface area contributed by atoms with Gasteiger partial charge in [-0.25, -0.2) is 8.78 Å². The molecule has 0 saturated heterocycles. The number of Topliss-reactive ketones (excluding diaryl/α,β-unsaturated/α-hetero) is 1. The molecule has 0 heterocycles. The van der Waals surface area contributed by atoms with Crippen LogP contribution in [0.25, 0.3) is 0 Å². The lowest BCUT2D eigenvalue weighted by molar-refractivity contribution is -0.117. The molecule has 1 aromatic carbocycles. The van der Waals surface area contributed by atoms with Crippen LogP contribution in [-0.4, -0.2) is 31.2 Å². The third-order valence-electron chi connectivity index (χ3n) is 3.35. The molecule has 1 N–H and O–H groups in total. The molecule has 5 nitrogen and oxygen atoms in total. The monoisotopic (exact) mass is 327 g/mol. The fourth-order valence-corrected chi connectivity index (χ4v) is 2.09. The highest BCUT2D eigenvalue weighted by Gasteiger charge is 2.31. The van der Waals surface area contributed by atoms with Gasteiger partial charge in [-0.2, -0.15) is 0 Å². The van der Waals surface area contributed by atoms with Gasteiger partial charge >= 0.3 is 0 Å². The molecule has 7 heteroatoms. The minimum atomic E-state index is -1.36. The first-order valence-electron chi connectivity index (χ1n) is 7.55. The van der Waals surface area contributed by atoms with Crippen molar-refractivity contribution in [1.82, 2.24) is 0 Å². The second-order valence-corrected chi connectivity index (χ2v) is 5.19. The smallest absolute Gasteiger partial charge is 0.227 e. The number of halogens is 2. The largest absolute Gasteiger partial charge is 0.346 e. The number of ketones is 1. The normalized spacial score (nSPS) is 14.1. The molecular formula is C16H19F2NO4. The minimum absolute atomic E-state index is 0.0159. The van der Waals surface area contributed by atoms with E-state index in [9.17, 15) is 18.4 Å². The van der Waals surface area contributed by atoms with Gasteiger partial charge in [0.1, 0.15) is 11.6 Å². The predicted molar refractivity (Wildman–Crippen MR) is 79.1 cm³/mol. The van der Waals surface area contributed by atoms with Crippen LogP contribution in [0, 0.1) is 17.6 Å². The highest BCUT2D eigenvalue weighted by Crippen LogP contribution is 2.30. The topological polar surface area (TPSA) is 64.6 Å². The molecule has 0 aliphatic heterocycles. The second kappa shape index (κ2) is 7.61. The van der Waals surface area contributed by atoms with Crippen molar-refractivity contribution in [2.45, 2.75) is 33.0 Å². The van der Waals surface area contributed by atoms with E-state index < -0.39 is 29.3 Å². The number of anilines is 1. The van der Waals surface area contributed by atoms with Crippen LogP contribution in [0.4, 0.5) is 14.5 Å². The van der Waals surface area contributed by atoms with Gasteiger partial charge in [0, 0.05) is 24.8 Å². The Morgan fingerprint density at radius 3 is 2.13 bits per heavy atom. The Morgan fingerprint density at radius 2 is 1.70 bits per heavy atom. The van der Waals surface area contributed by atoms with Gasteiger partial charge in [-0.15, -0.1) is 0 Å². The van der Waals surface area contributed by atoms with Gasteiger partial charge in [0.05, 0.1) is 5.56 Å². The van der Waals surface area contributed by atoms with Crippen LogP contribution in [0.2, 0.25) is 0 Å². The van der Waals surface area contributed by atoms with Crippen molar-refractivity contribution in [3.05, 3.63) is 29.3 Å². The molecule has 0 bridgehead atoms. The van der Waals surface area contributed by atoms with Gasteiger partial charge in [0.2, 0.25) is 18.0 Å². The maximum atomic E-state index is 14.1. The lowest BCUT2D eigenvalue weighted by Crippen LogP contribution is -2.29. The van der Waals surface area contributed by atoms with Crippen molar-refractivity contribution in [3.8, 4) is 0 Å². The summed E-state index contributed by atoms with van der Waals surface area (Å²) in [5, 5.41) is 2.44. The summed E-state index contributed by atoms with van der Waals surface area (Å²) in [6.07, 6.45) is 0.191. The molecule has 0 aromatic heterocycles. The molecule has 1 fully saturated rings. The number of carbonyl (C=O) groups is 2. The van der Waals surface area contributed by atoms with Gasteiger partial charge in [0.25, 0.3) is 0 Å². The third kappa shape index (κ3) is 4.33. The van der Waals surface area contributed by atoms with Crippen LogP contribution < -0.4 is 5.32 Å². The van der Waals surface area contributed by atoms with Gasteiger partial charge in [-0.05, 0) is 38.8 Å². The lowest BCUT2D eigenvalue weighted by Gasteiger charge is -2.17. The zero-order valence-electron chi connectivity index (χ0n) is 13.0. The molecule has 126 valence electrons. The zero-order chi connectivity index (χ0) is 17.0. The van der Waals surface area contributed by atoms with Crippen molar-refractivity contribution in [1.29, 1.82) is 0 Å². The van der Waals surface area contributed by atoms with Gasteiger partial charge < -0.3 is 14.8 Å². The molecule has 23 heavy (non-hydrogen) atoms. The van der Waals surface area contributed by atoms with Gasteiger partial charge in [-0.1, -0.05) is 0 Å². The summed E-state index contributed by atoms with van der Waals surface area (Å²) in [5.41, 5.74) is -0.751. The Labute approximate surface area is 133 Å². The Kier molecular flexibility index (Phi) is 5.79. The van der Waals surface area contributed by atoms with Gasteiger partial charge in [0.15, 0.2) is 0 Å². The Morgan fingerprint density at radius 1 is 1.17 bits per heavy atom. The van der Waals surface area contributed by atoms with E-state index in [1.807, 2.05) is 0 Å². The molecule has 1 aliphatic carbocycles. The molecule has 1 aromatic rings. The maximum absolute atomic E-state index is 14.1. The number of amides is 1. The molecule has 1 amide bonds. The first-order valence-corrected chi connectivity index (χ1v) is 7.55. The van der Waals surface area contributed by atoms with Crippen LogP contribution >= 0.6 is 0 Å². The number of hydrogen-bond acceptors (Lipinski definition) is 4. The molecule has 0 radical (unpaired) electrons. The van der Waals surface area contributed by atoms with Crippen molar-refractivity contribution < 1.29 is 27.8 Å². The molecule has 0 spiro atoms. The SMILES string of the molecule is CCOC(OCC)C(=O)c1c(F)cc(NC(=O)C2CC2)cc1F. The van der Waals surface area contributed by atoms with Crippen molar-refractivity contribution in [3.63, 3.8) is 0 Å². The van der Waals surface area contributed by atoms with E-state index in [1.54, 1.807) is 13.8 Å². The number of hydrogen-bond donors (Lipinski definition) is 1. The van der Waals surface area contributed by atoms with E-state index in [-0.39, 0.29) is 30.7 Å². The summed E-state index contributed by atoms with van der Waals surface area (Å²) >= 11 is 0. The average molecular weight is 327 g/mol. The highest BCUT2D eigenvalue weighted by atomic mass is 19.1. The van der Waals surface area contributed by atoms with Crippen LogP contribution in [0.1, 0.15) is 37.0 Å².